The van der Waals surface area contributed by atoms with Crippen LogP contribution >= 0.6 is 0 Å². The van der Waals surface area contributed by atoms with Crippen molar-refractivity contribution >= 4 is 5.91 Å². The lowest BCUT2D eigenvalue weighted by molar-refractivity contribution is -0.121. The van der Waals surface area contributed by atoms with E-state index in [-0.39, 0.29) is 5.91 Å². The summed E-state index contributed by atoms with van der Waals surface area (Å²) in [4.78, 5) is 11.4. The van der Waals surface area contributed by atoms with E-state index in [0.29, 0.717) is 12.5 Å². The molecule has 100 valence electrons. The summed E-state index contributed by atoms with van der Waals surface area (Å²) in [5.74, 6) is 1.80. The summed E-state index contributed by atoms with van der Waals surface area (Å²) in [5, 5.41) is 6.45. The van der Waals surface area contributed by atoms with E-state index in [4.69, 9.17) is 0 Å². The predicted octanol–water partition coefficient (Wildman–Crippen LogP) is 2.32. The fourth-order valence-electron chi connectivity index (χ4n) is 2.69. The van der Waals surface area contributed by atoms with Crippen LogP contribution in [0.25, 0.3) is 0 Å². The number of amides is 1. The molecule has 1 aliphatic rings. The molecule has 0 aromatic carbocycles. The molecule has 1 aliphatic carbocycles. The van der Waals surface area contributed by atoms with Crippen molar-refractivity contribution < 1.29 is 4.79 Å². The third-order valence-corrected chi connectivity index (χ3v) is 3.76. The SMILES string of the molecule is CCCNC(=O)CCNC1CCC(C)CC1C. The molecule has 0 aromatic heterocycles. The van der Waals surface area contributed by atoms with Gasteiger partial charge in [0.15, 0.2) is 0 Å². The van der Waals surface area contributed by atoms with Gasteiger partial charge in [-0.15, -0.1) is 0 Å². The van der Waals surface area contributed by atoms with Crippen molar-refractivity contribution in [3.63, 3.8) is 0 Å². The number of rotatable bonds is 6. The molecule has 1 rings (SSSR count). The molecule has 17 heavy (non-hydrogen) atoms. The van der Waals surface area contributed by atoms with E-state index in [1.807, 2.05) is 0 Å². The Kier molecular flexibility index (Phi) is 6.56. The zero-order valence-corrected chi connectivity index (χ0v) is 11.6. The lowest BCUT2D eigenvalue weighted by atomic mass is 9.80. The second-order valence-electron chi connectivity index (χ2n) is 5.56. The van der Waals surface area contributed by atoms with Gasteiger partial charge in [0, 0.05) is 25.6 Å². The van der Waals surface area contributed by atoms with E-state index >= 15 is 0 Å². The average Bonchev–Trinajstić information content (AvgIpc) is 2.29. The average molecular weight is 240 g/mol. The summed E-state index contributed by atoms with van der Waals surface area (Å²) in [7, 11) is 0. The first-order valence-corrected chi connectivity index (χ1v) is 7.13. The Morgan fingerprint density at radius 1 is 1.24 bits per heavy atom. The highest BCUT2D eigenvalue weighted by molar-refractivity contribution is 5.75. The van der Waals surface area contributed by atoms with Crippen molar-refractivity contribution in [2.75, 3.05) is 13.1 Å². The minimum Gasteiger partial charge on any atom is -0.356 e. The molecule has 1 amide bonds. The lowest BCUT2D eigenvalue weighted by Crippen LogP contribution is -2.40. The Morgan fingerprint density at radius 2 is 2.00 bits per heavy atom. The highest BCUT2D eigenvalue weighted by Gasteiger charge is 2.24. The van der Waals surface area contributed by atoms with Crippen molar-refractivity contribution in [2.24, 2.45) is 11.8 Å². The molecular weight excluding hydrogens is 212 g/mol. The molecule has 0 aliphatic heterocycles. The Bertz CT molecular complexity index is 230. The Balaban J connectivity index is 2.11. The van der Waals surface area contributed by atoms with Gasteiger partial charge in [-0.3, -0.25) is 4.79 Å². The van der Waals surface area contributed by atoms with Crippen molar-refractivity contribution in [1.29, 1.82) is 0 Å². The van der Waals surface area contributed by atoms with Crippen LogP contribution in [0.5, 0.6) is 0 Å². The van der Waals surface area contributed by atoms with E-state index in [1.54, 1.807) is 0 Å². The summed E-state index contributed by atoms with van der Waals surface area (Å²) in [6.07, 6.45) is 5.53. The highest BCUT2D eigenvalue weighted by Crippen LogP contribution is 2.28. The Labute approximate surface area is 106 Å². The van der Waals surface area contributed by atoms with E-state index in [2.05, 4.69) is 31.4 Å². The van der Waals surface area contributed by atoms with Gasteiger partial charge in [0.1, 0.15) is 0 Å². The van der Waals surface area contributed by atoms with Crippen LogP contribution in [0.15, 0.2) is 0 Å². The third-order valence-electron chi connectivity index (χ3n) is 3.76. The summed E-state index contributed by atoms with van der Waals surface area (Å²) >= 11 is 0. The lowest BCUT2D eigenvalue weighted by Gasteiger charge is -2.33. The molecule has 0 radical (unpaired) electrons. The van der Waals surface area contributed by atoms with Gasteiger partial charge in [0.25, 0.3) is 0 Å². The van der Waals surface area contributed by atoms with Crippen molar-refractivity contribution in [1.82, 2.24) is 10.6 Å². The van der Waals surface area contributed by atoms with E-state index < -0.39 is 0 Å². The first-order chi connectivity index (χ1) is 8.13. The number of carbonyl (C=O) groups excluding carboxylic acids is 1. The largest absolute Gasteiger partial charge is 0.356 e. The monoisotopic (exact) mass is 240 g/mol. The summed E-state index contributed by atoms with van der Waals surface area (Å²) in [6.45, 7) is 8.36. The second-order valence-corrected chi connectivity index (χ2v) is 5.56. The van der Waals surface area contributed by atoms with Gasteiger partial charge in [-0.25, -0.2) is 0 Å². The number of hydrogen-bond acceptors (Lipinski definition) is 2. The summed E-state index contributed by atoms with van der Waals surface area (Å²) < 4.78 is 0. The van der Waals surface area contributed by atoms with Gasteiger partial charge in [-0.2, -0.15) is 0 Å². The maximum absolute atomic E-state index is 11.4. The quantitative estimate of drug-likeness (QED) is 0.748. The van der Waals surface area contributed by atoms with Crippen LogP contribution in [-0.2, 0) is 4.79 Å². The van der Waals surface area contributed by atoms with Crippen LogP contribution in [0, 0.1) is 11.8 Å². The van der Waals surface area contributed by atoms with Crippen LogP contribution < -0.4 is 10.6 Å². The maximum Gasteiger partial charge on any atom is 0.221 e. The highest BCUT2D eigenvalue weighted by atomic mass is 16.1. The molecule has 0 aromatic rings. The van der Waals surface area contributed by atoms with E-state index in [1.165, 1.54) is 19.3 Å². The number of hydrogen-bond donors (Lipinski definition) is 2. The molecule has 0 spiro atoms. The number of carbonyl (C=O) groups is 1. The molecule has 0 bridgehead atoms. The Morgan fingerprint density at radius 3 is 2.65 bits per heavy atom. The standard InChI is InChI=1S/C14H28N2O/c1-4-8-16-14(17)7-9-15-13-6-5-11(2)10-12(13)3/h11-13,15H,4-10H2,1-3H3,(H,16,17). The first-order valence-electron chi connectivity index (χ1n) is 7.13. The van der Waals surface area contributed by atoms with Crippen molar-refractivity contribution in [3.8, 4) is 0 Å². The van der Waals surface area contributed by atoms with Gasteiger partial charge in [0.2, 0.25) is 5.91 Å². The van der Waals surface area contributed by atoms with Gasteiger partial charge in [-0.05, 0) is 37.5 Å². The molecular formula is C14H28N2O. The molecule has 1 saturated carbocycles. The predicted molar refractivity (Wildman–Crippen MR) is 71.9 cm³/mol. The van der Waals surface area contributed by atoms with Crippen LogP contribution in [0.3, 0.4) is 0 Å². The minimum atomic E-state index is 0.177. The van der Waals surface area contributed by atoms with Crippen LogP contribution in [-0.4, -0.2) is 25.0 Å². The second kappa shape index (κ2) is 7.70. The fraction of sp³-hybridized carbons (Fsp3) is 0.929. The number of nitrogens with one attached hydrogen (secondary N) is 2. The minimum absolute atomic E-state index is 0.177. The van der Waals surface area contributed by atoms with Gasteiger partial charge < -0.3 is 10.6 Å². The molecule has 3 unspecified atom stereocenters. The Hall–Kier alpha value is -0.570. The molecule has 0 saturated heterocycles. The zero-order chi connectivity index (χ0) is 12.7. The normalized spacial score (nSPS) is 29.0. The molecule has 1 fully saturated rings. The van der Waals surface area contributed by atoms with E-state index in [9.17, 15) is 4.79 Å². The molecule has 3 nitrogen and oxygen atoms in total. The maximum atomic E-state index is 11.4. The van der Waals surface area contributed by atoms with E-state index in [0.717, 1.165) is 31.3 Å². The summed E-state index contributed by atoms with van der Waals surface area (Å²) in [5.41, 5.74) is 0. The summed E-state index contributed by atoms with van der Waals surface area (Å²) in [6, 6.07) is 0.616. The zero-order valence-electron chi connectivity index (χ0n) is 11.6. The van der Waals surface area contributed by atoms with Crippen LogP contribution in [0.4, 0.5) is 0 Å². The van der Waals surface area contributed by atoms with Crippen molar-refractivity contribution in [2.45, 2.75) is 58.9 Å². The van der Waals surface area contributed by atoms with Gasteiger partial charge >= 0.3 is 0 Å². The third kappa shape index (κ3) is 5.53. The smallest absolute Gasteiger partial charge is 0.221 e. The first kappa shape index (κ1) is 14.5. The molecule has 2 N–H and O–H groups in total. The molecule has 0 heterocycles. The molecule has 3 atom stereocenters. The van der Waals surface area contributed by atoms with Gasteiger partial charge in [-0.1, -0.05) is 20.8 Å². The topological polar surface area (TPSA) is 41.1 Å². The van der Waals surface area contributed by atoms with Crippen LogP contribution in [0.2, 0.25) is 0 Å². The van der Waals surface area contributed by atoms with Gasteiger partial charge in [0.05, 0.1) is 0 Å². The fourth-order valence-corrected chi connectivity index (χ4v) is 2.69. The van der Waals surface area contributed by atoms with Crippen molar-refractivity contribution in [3.05, 3.63) is 0 Å². The molecule has 3 heteroatoms. The van der Waals surface area contributed by atoms with Crippen LogP contribution in [0.1, 0.15) is 52.9 Å².